The summed E-state index contributed by atoms with van der Waals surface area (Å²) in [5.41, 5.74) is 1.67. The van der Waals surface area contributed by atoms with E-state index in [2.05, 4.69) is 5.32 Å². The van der Waals surface area contributed by atoms with Gasteiger partial charge in [-0.2, -0.15) is 0 Å². The molecule has 1 saturated carbocycles. The second-order valence-electron chi connectivity index (χ2n) is 5.80. The summed E-state index contributed by atoms with van der Waals surface area (Å²) >= 11 is 0. The summed E-state index contributed by atoms with van der Waals surface area (Å²) in [6.45, 7) is 4.08. The van der Waals surface area contributed by atoms with Crippen LogP contribution in [-0.4, -0.2) is 20.9 Å². The standard InChI is InChI=1S/C15H22N2O3S/c1-10-8-13(9-14(11(10)2)21(16,19)20)15(18)17-7-3-4-12-5-6-12/h8-9,12H,3-7H2,1-2H3,(H,17,18)(H2,16,19,20). The SMILES string of the molecule is Cc1cc(C(=O)NCCCC2CC2)cc(S(N)(=O)=O)c1C. The van der Waals surface area contributed by atoms with E-state index >= 15 is 0 Å². The van der Waals surface area contributed by atoms with Gasteiger partial charge in [-0.05, 0) is 55.9 Å². The number of carbonyl (C=O) groups excluding carboxylic acids is 1. The van der Waals surface area contributed by atoms with Crippen LogP contribution in [0.15, 0.2) is 17.0 Å². The molecule has 1 aliphatic carbocycles. The lowest BCUT2D eigenvalue weighted by molar-refractivity contribution is 0.0952. The predicted molar refractivity (Wildman–Crippen MR) is 81.6 cm³/mol. The fourth-order valence-electron chi connectivity index (χ4n) is 2.35. The largest absolute Gasteiger partial charge is 0.352 e. The first-order valence-corrected chi connectivity index (χ1v) is 8.76. The highest BCUT2D eigenvalue weighted by Crippen LogP contribution is 2.33. The first kappa shape index (κ1) is 16.0. The molecule has 5 nitrogen and oxygen atoms in total. The van der Waals surface area contributed by atoms with Crippen molar-refractivity contribution in [2.24, 2.45) is 11.1 Å². The van der Waals surface area contributed by atoms with E-state index < -0.39 is 10.0 Å². The molecule has 21 heavy (non-hydrogen) atoms. The molecule has 0 saturated heterocycles. The smallest absolute Gasteiger partial charge is 0.251 e. The van der Waals surface area contributed by atoms with Gasteiger partial charge in [-0.1, -0.05) is 12.8 Å². The van der Waals surface area contributed by atoms with Crippen LogP contribution >= 0.6 is 0 Å². The average molecular weight is 310 g/mol. The van der Waals surface area contributed by atoms with Crippen molar-refractivity contribution in [1.29, 1.82) is 0 Å². The minimum Gasteiger partial charge on any atom is -0.352 e. The van der Waals surface area contributed by atoms with Gasteiger partial charge in [0.15, 0.2) is 0 Å². The first-order chi connectivity index (χ1) is 9.79. The Kier molecular flexibility index (Phi) is 4.68. The van der Waals surface area contributed by atoms with Crippen molar-refractivity contribution in [2.75, 3.05) is 6.54 Å². The Labute approximate surface area is 126 Å². The third kappa shape index (κ3) is 4.28. The third-order valence-corrected chi connectivity index (χ3v) is 5.00. The van der Waals surface area contributed by atoms with Crippen molar-refractivity contribution >= 4 is 15.9 Å². The molecule has 3 N–H and O–H groups in total. The Balaban J connectivity index is 2.07. The summed E-state index contributed by atoms with van der Waals surface area (Å²) in [6.07, 6.45) is 4.73. The molecular formula is C15H22N2O3S. The van der Waals surface area contributed by atoms with Gasteiger partial charge >= 0.3 is 0 Å². The monoisotopic (exact) mass is 310 g/mol. The number of nitrogens with two attached hydrogens (primary N) is 1. The lowest BCUT2D eigenvalue weighted by Gasteiger charge is -2.11. The molecule has 0 aromatic heterocycles. The van der Waals surface area contributed by atoms with Gasteiger partial charge in [0.1, 0.15) is 0 Å². The van der Waals surface area contributed by atoms with Gasteiger partial charge < -0.3 is 5.32 Å². The minimum absolute atomic E-state index is 0.0191. The van der Waals surface area contributed by atoms with Crippen molar-refractivity contribution in [3.63, 3.8) is 0 Å². The summed E-state index contributed by atoms with van der Waals surface area (Å²) in [4.78, 5) is 12.1. The molecule has 0 atom stereocenters. The van der Waals surface area contributed by atoms with E-state index in [1.54, 1.807) is 19.9 Å². The van der Waals surface area contributed by atoms with E-state index in [4.69, 9.17) is 5.14 Å². The van der Waals surface area contributed by atoms with Crippen molar-refractivity contribution in [2.45, 2.75) is 44.4 Å². The maximum Gasteiger partial charge on any atom is 0.251 e. The van der Waals surface area contributed by atoms with Crippen LogP contribution in [0, 0.1) is 19.8 Å². The number of nitrogens with one attached hydrogen (secondary N) is 1. The van der Waals surface area contributed by atoms with Gasteiger partial charge in [-0.3, -0.25) is 4.79 Å². The summed E-state index contributed by atoms with van der Waals surface area (Å²) in [5, 5.41) is 8.03. The van der Waals surface area contributed by atoms with Crippen molar-refractivity contribution in [3.05, 3.63) is 28.8 Å². The molecule has 1 amide bonds. The van der Waals surface area contributed by atoms with E-state index in [1.165, 1.54) is 18.9 Å². The number of hydrogen-bond acceptors (Lipinski definition) is 3. The Bertz CT molecular complexity index is 649. The highest BCUT2D eigenvalue weighted by Gasteiger charge is 2.20. The summed E-state index contributed by atoms with van der Waals surface area (Å²) < 4.78 is 23.1. The summed E-state index contributed by atoms with van der Waals surface area (Å²) in [5.74, 6) is 0.594. The predicted octanol–water partition coefficient (Wildman–Crippen LogP) is 1.87. The van der Waals surface area contributed by atoms with E-state index in [1.807, 2.05) is 0 Å². The summed E-state index contributed by atoms with van der Waals surface area (Å²) in [7, 11) is -3.82. The van der Waals surface area contributed by atoms with E-state index in [0.29, 0.717) is 17.7 Å². The quantitative estimate of drug-likeness (QED) is 0.786. The lowest BCUT2D eigenvalue weighted by Crippen LogP contribution is -2.25. The van der Waals surface area contributed by atoms with Crippen molar-refractivity contribution in [3.8, 4) is 0 Å². The van der Waals surface area contributed by atoms with E-state index in [-0.39, 0.29) is 10.8 Å². The van der Waals surface area contributed by atoms with E-state index in [9.17, 15) is 13.2 Å². The molecule has 116 valence electrons. The topological polar surface area (TPSA) is 89.3 Å². The van der Waals surface area contributed by atoms with Gasteiger partial charge in [-0.15, -0.1) is 0 Å². The molecule has 1 aliphatic rings. The molecular weight excluding hydrogens is 288 g/mol. The second-order valence-corrected chi connectivity index (χ2v) is 7.33. The number of sulfonamides is 1. The van der Waals surface area contributed by atoms with Crippen molar-refractivity contribution < 1.29 is 13.2 Å². The first-order valence-electron chi connectivity index (χ1n) is 7.21. The number of carbonyl (C=O) groups is 1. The number of primary sulfonamides is 1. The van der Waals surface area contributed by atoms with E-state index in [0.717, 1.165) is 24.3 Å². The second kappa shape index (κ2) is 6.15. The Hall–Kier alpha value is -1.40. The fourth-order valence-corrected chi connectivity index (χ4v) is 3.23. The zero-order valence-electron chi connectivity index (χ0n) is 12.5. The zero-order chi connectivity index (χ0) is 15.6. The summed E-state index contributed by atoms with van der Waals surface area (Å²) in [6, 6.07) is 3.05. The maximum atomic E-state index is 12.1. The van der Waals surface area contributed by atoms with Crippen LogP contribution in [0.3, 0.4) is 0 Å². The van der Waals surface area contributed by atoms with Crippen LogP contribution in [0.25, 0.3) is 0 Å². The Morgan fingerprint density at radius 1 is 1.33 bits per heavy atom. The fraction of sp³-hybridized carbons (Fsp3) is 0.533. The van der Waals surface area contributed by atoms with Crippen LogP contribution in [0.1, 0.15) is 47.2 Å². The van der Waals surface area contributed by atoms with Gasteiger partial charge in [0, 0.05) is 12.1 Å². The molecule has 1 fully saturated rings. The molecule has 1 aromatic rings. The Morgan fingerprint density at radius 3 is 2.57 bits per heavy atom. The molecule has 6 heteroatoms. The molecule has 0 radical (unpaired) electrons. The lowest BCUT2D eigenvalue weighted by atomic mass is 10.1. The van der Waals surface area contributed by atoms with Crippen LogP contribution in [0.5, 0.6) is 0 Å². The molecule has 0 bridgehead atoms. The number of aryl methyl sites for hydroxylation is 1. The minimum atomic E-state index is -3.82. The zero-order valence-corrected chi connectivity index (χ0v) is 13.3. The normalized spacial score (nSPS) is 15.0. The van der Waals surface area contributed by atoms with Crippen LogP contribution in [-0.2, 0) is 10.0 Å². The maximum absolute atomic E-state index is 12.1. The Morgan fingerprint density at radius 2 is 2.00 bits per heavy atom. The molecule has 0 unspecified atom stereocenters. The number of benzene rings is 1. The van der Waals surface area contributed by atoms with Crippen molar-refractivity contribution in [1.82, 2.24) is 5.32 Å². The molecule has 1 aromatic carbocycles. The highest BCUT2D eigenvalue weighted by atomic mass is 32.2. The van der Waals surface area contributed by atoms with Gasteiger partial charge in [0.25, 0.3) is 5.91 Å². The van der Waals surface area contributed by atoms with Crippen LogP contribution in [0.2, 0.25) is 0 Å². The van der Waals surface area contributed by atoms with Crippen LogP contribution < -0.4 is 10.5 Å². The number of rotatable bonds is 6. The van der Waals surface area contributed by atoms with Gasteiger partial charge in [0.05, 0.1) is 4.90 Å². The van der Waals surface area contributed by atoms with Gasteiger partial charge in [0.2, 0.25) is 10.0 Å². The molecule has 0 aliphatic heterocycles. The molecule has 0 spiro atoms. The van der Waals surface area contributed by atoms with Crippen LogP contribution in [0.4, 0.5) is 0 Å². The third-order valence-electron chi connectivity index (χ3n) is 3.96. The number of amides is 1. The number of hydrogen-bond donors (Lipinski definition) is 2. The van der Waals surface area contributed by atoms with Gasteiger partial charge in [-0.25, -0.2) is 13.6 Å². The molecule has 2 rings (SSSR count). The highest BCUT2D eigenvalue weighted by molar-refractivity contribution is 7.89. The molecule has 0 heterocycles. The average Bonchev–Trinajstić information content (AvgIpc) is 3.20.